The van der Waals surface area contributed by atoms with Crippen molar-refractivity contribution in [3.63, 3.8) is 0 Å². The van der Waals surface area contributed by atoms with Gasteiger partial charge in [-0.05, 0) is 42.0 Å². The number of nitrogens with zero attached hydrogens (tertiary/aromatic N) is 3. The summed E-state index contributed by atoms with van der Waals surface area (Å²) in [6.45, 7) is 0. The third-order valence-electron chi connectivity index (χ3n) is 3.70. The van der Waals surface area contributed by atoms with Crippen LogP contribution >= 0.6 is 0 Å². The fraction of sp³-hybridized carbons (Fsp3) is 0. The van der Waals surface area contributed by atoms with Crippen LogP contribution in [-0.2, 0) is 0 Å². The lowest BCUT2D eigenvalue weighted by molar-refractivity contribution is 1.27. The number of benzene rings is 2. The number of hydrogen-bond donors (Lipinski definition) is 1. The number of para-hydroxylation sites is 2. The minimum absolute atomic E-state index is 0.504. The van der Waals surface area contributed by atoms with Crippen molar-refractivity contribution in [2.45, 2.75) is 0 Å². The average Bonchev–Trinajstić information content (AvgIpc) is 3.03. The molecule has 2 heterocycles. The van der Waals surface area contributed by atoms with Crippen LogP contribution in [0.15, 0.2) is 60.8 Å². The second-order valence-corrected chi connectivity index (χ2v) is 5.23. The SMILES string of the molecule is N#C/C(=C/c1ccc2ncccc2c1)c1nc2ccccc2[nH]1. The van der Waals surface area contributed by atoms with E-state index in [9.17, 15) is 5.26 Å². The Bertz CT molecular complexity index is 1050. The monoisotopic (exact) mass is 296 g/mol. The molecule has 4 nitrogen and oxygen atoms in total. The van der Waals surface area contributed by atoms with Gasteiger partial charge in [-0.25, -0.2) is 4.98 Å². The molecule has 2 aromatic carbocycles. The predicted molar refractivity (Wildman–Crippen MR) is 91.3 cm³/mol. The van der Waals surface area contributed by atoms with Gasteiger partial charge in [0, 0.05) is 11.6 Å². The fourth-order valence-electron chi connectivity index (χ4n) is 2.58. The molecule has 0 unspecified atom stereocenters. The van der Waals surface area contributed by atoms with Gasteiger partial charge in [-0.2, -0.15) is 5.26 Å². The van der Waals surface area contributed by atoms with Crippen LogP contribution in [0.1, 0.15) is 11.4 Å². The molecule has 0 saturated heterocycles. The van der Waals surface area contributed by atoms with Crippen LogP contribution in [0.5, 0.6) is 0 Å². The maximum Gasteiger partial charge on any atom is 0.149 e. The smallest absolute Gasteiger partial charge is 0.149 e. The molecule has 2 aromatic heterocycles. The maximum atomic E-state index is 9.49. The summed E-state index contributed by atoms with van der Waals surface area (Å²) < 4.78 is 0. The molecule has 4 heteroatoms. The number of rotatable bonds is 2. The number of aromatic amines is 1. The van der Waals surface area contributed by atoms with E-state index in [4.69, 9.17) is 0 Å². The zero-order valence-electron chi connectivity index (χ0n) is 12.2. The van der Waals surface area contributed by atoms with Gasteiger partial charge >= 0.3 is 0 Å². The topological polar surface area (TPSA) is 65.4 Å². The number of fused-ring (bicyclic) bond motifs is 2. The molecule has 0 amide bonds. The lowest BCUT2D eigenvalue weighted by Crippen LogP contribution is -1.85. The third-order valence-corrected chi connectivity index (χ3v) is 3.70. The van der Waals surface area contributed by atoms with E-state index in [0.717, 1.165) is 27.5 Å². The van der Waals surface area contributed by atoms with Gasteiger partial charge in [-0.15, -0.1) is 0 Å². The summed E-state index contributed by atoms with van der Waals surface area (Å²) in [5, 5.41) is 10.5. The van der Waals surface area contributed by atoms with Crippen LogP contribution < -0.4 is 0 Å². The summed E-state index contributed by atoms with van der Waals surface area (Å²) in [6, 6.07) is 19.8. The van der Waals surface area contributed by atoms with Crippen LogP contribution in [0, 0.1) is 11.3 Å². The summed E-state index contributed by atoms with van der Waals surface area (Å²) in [6.07, 6.45) is 3.61. The van der Waals surface area contributed by atoms with Crippen LogP contribution in [0.25, 0.3) is 33.6 Å². The zero-order chi connectivity index (χ0) is 15.6. The summed E-state index contributed by atoms with van der Waals surface area (Å²) in [5.74, 6) is 0.583. The molecule has 0 aliphatic rings. The number of pyridine rings is 1. The van der Waals surface area contributed by atoms with Crippen molar-refractivity contribution in [3.05, 3.63) is 72.2 Å². The highest BCUT2D eigenvalue weighted by Crippen LogP contribution is 2.21. The average molecular weight is 296 g/mol. The Kier molecular flexibility index (Phi) is 3.10. The van der Waals surface area contributed by atoms with Crippen LogP contribution in [0.3, 0.4) is 0 Å². The number of H-pyrrole nitrogens is 1. The van der Waals surface area contributed by atoms with Gasteiger partial charge in [-0.3, -0.25) is 4.98 Å². The molecule has 4 aromatic rings. The molecular formula is C19H12N4. The Morgan fingerprint density at radius 3 is 2.83 bits per heavy atom. The zero-order valence-corrected chi connectivity index (χ0v) is 12.2. The second kappa shape index (κ2) is 5.39. The standard InChI is InChI=1S/C19H12N4/c20-12-15(19-22-17-5-1-2-6-18(17)23-19)11-13-7-8-16-14(10-13)4-3-9-21-16/h1-11H,(H,22,23)/b15-11-. The number of aromatic nitrogens is 3. The first-order valence-corrected chi connectivity index (χ1v) is 7.25. The van der Waals surface area contributed by atoms with Crippen LogP contribution in [0.4, 0.5) is 0 Å². The van der Waals surface area contributed by atoms with Crippen molar-refractivity contribution >= 4 is 33.6 Å². The quantitative estimate of drug-likeness (QED) is 0.564. The van der Waals surface area contributed by atoms with Crippen molar-refractivity contribution in [2.75, 3.05) is 0 Å². The minimum atomic E-state index is 0.504. The summed E-state index contributed by atoms with van der Waals surface area (Å²) >= 11 is 0. The van der Waals surface area contributed by atoms with Gasteiger partial charge in [0.05, 0.1) is 22.1 Å². The van der Waals surface area contributed by atoms with E-state index in [1.807, 2.05) is 60.7 Å². The molecule has 1 N–H and O–H groups in total. The molecule has 0 bridgehead atoms. The highest BCUT2D eigenvalue weighted by molar-refractivity contribution is 5.92. The van der Waals surface area contributed by atoms with E-state index in [1.54, 1.807) is 6.20 Å². The molecule has 0 fully saturated rings. The number of hydrogen-bond acceptors (Lipinski definition) is 3. The van der Waals surface area contributed by atoms with Crippen molar-refractivity contribution < 1.29 is 0 Å². The highest BCUT2D eigenvalue weighted by atomic mass is 14.9. The molecule has 0 radical (unpaired) electrons. The largest absolute Gasteiger partial charge is 0.337 e. The maximum absolute atomic E-state index is 9.49. The molecule has 23 heavy (non-hydrogen) atoms. The van der Waals surface area contributed by atoms with Crippen molar-refractivity contribution in [2.24, 2.45) is 0 Å². The first-order chi connectivity index (χ1) is 11.3. The van der Waals surface area contributed by atoms with Gasteiger partial charge < -0.3 is 4.98 Å². The first kappa shape index (κ1) is 13.2. The lowest BCUT2D eigenvalue weighted by atomic mass is 10.1. The molecular weight excluding hydrogens is 284 g/mol. The lowest BCUT2D eigenvalue weighted by Gasteiger charge is -1.99. The van der Waals surface area contributed by atoms with Crippen LogP contribution in [-0.4, -0.2) is 15.0 Å². The molecule has 0 spiro atoms. The molecule has 4 rings (SSSR count). The molecule has 0 atom stereocenters. The van der Waals surface area contributed by atoms with E-state index >= 15 is 0 Å². The highest BCUT2D eigenvalue weighted by Gasteiger charge is 2.07. The molecule has 0 aliphatic carbocycles. The Labute approximate surface area is 132 Å². The number of allylic oxidation sites excluding steroid dienone is 1. The number of imidazole rings is 1. The molecule has 0 aliphatic heterocycles. The van der Waals surface area contributed by atoms with E-state index in [1.165, 1.54) is 0 Å². The minimum Gasteiger partial charge on any atom is -0.337 e. The first-order valence-electron chi connectivity index (χ1n) is 7.25. The number of nitriles is 1. The predicted octanol–water partition coefficient (Wildman–Crippen LogP) is 4.18. The summed E-state index contributed by atoms with van der Waals surface area (Å²) in [7, 11) is 0. The van der Waals surface area contributed by atoms with E-state index in [2.05, 4.69) is 21.0 Å². The Balaban J connectivity index is 1.81. The number of nitrogens with one attached hydrogen (secondary N) is 1. The second-order valence-electron chi connectivity index (χ2n) is 5.23. The van der Waals surface area contributed by atoms with Gasteiger partial charge in [0.15, 0.2) is 0 Å². The molecule has 0 saturated carbocycles. The van der Waals surface area contributed by atoms with Gasteiger partial charge in [0.1, 0.15) is 11.9 Å². The van der Waals surface area contributed by atoms with Crippen LogP contribution in [0.2, 0.25) is 0 Å². The van der Waals surface area contributed by atoms with E-state index in [-0.39, 0.29) is 0 Å². The van der Waals surface area contributed by atoms with Gasteiger partial charge in [0.2, 0.25) is 0 Å². The Hall–Kier alpha value is -3.45. The fourth-order valence-corrected chi connectivity index (χ4v) is 2.58. The summed E-state index contributed by atoms with van der Waals surface area (Å²) in [4.78, 5) is 12.0. The van der Waals surface area contributed by atoms with Crippen molar-refractivity contribution in [1.82, 2.24) is 15.0 Å². The van der Waals surface area contributed by atoms with E-state index < -0.39 is 0 Å². The summed E-state index contributed by atoms with van der Waals surface area (Å²) in [5.41, 5.74) is 4.16. The normalized spacial score (nSPS) is 11.7. The van der Waals surface area contributed by atoms with E-state index in [0.29, 0.717) is 11.4 Å². The van der Waals surface area contributed by atoms with Gasteiger partial charge in [-0.1, -0.05) is 24.3 Å². The Morgan fingerprint density at radius 1 is 1.04 bits per heavy atom. The molecule has 108 valence electrons. The van der Waals surface area contributed by atoms with Gasteiger partial charge in [0.25, 0.3) is 0 Å². The Morgan fingerprint density at radius 2 is 1.96 bits per heavy atom. The van der Waals surface area contributed by atoms with Crippen molar-refractivity contribution in [3.8, 4) is 6.07 Å². The third kappa shape index (κ3) is 2.45. The van der Waals surface area contributed by atoms with Crippen molar-refractivity contribution in [1.29, 1.82) is 5.26 Å².